The Morgan fingerprint density at radius 3 is 2.18 bits per heavy atom. The average molecular weight is 187 g/mol. The fourth-order valence-corrected chi connectivity index (χ4v) is 1.82. The highest BCUT2D eigenvalue weighted by atomic mass is 35.5. The first-order valence-electron chi connectivity index (χ1n) is 3.63. The minimum Gasteiger partial charge on any atom is -0.101 e. The molecule has 1 aliphatic carbocycles. The predicted molar refractivity (Wildman–Crippen MR) is 48.2 cm³/mol. The van der Waals surface area contributed by atoms with E-state index in [0.717, 1.165) is 6.42 Å². The molecular weight excluding hydrogens is 179 g/mol. The van der Waals surface area contributed by atoms with Gasteiger partial charge in [-0.15, -0.1) is 23.2 Å². The van der Waals surface area contributed by atoms with Gasteiger partial charge < -0.3 is 0 Å². The van der Waals surface area contributed by atoms with Gasteiger partial charge in [0.2, 0.25) is 0 Å². The van der Waals surface area contributed by atoms with E-state index < -0.39 is 4.33 Å². The van der Waals surface area contributed by atoms with Gasteiger partial charge in [0.05, 0.1) is 0 Å². The minimum absolute atomic E-state index is 0.354. The van der Waals surface area contributed by atoms with Crippen molar-refractivity contribution in [2.24, 2.45) is 0 Å². The van der Waals surface area contributed by atoms with Crippen LogP contribution < -0.4 is 0 Å². The lowest BCUT2D eigenvalue weighted by atomic mass is 10.1. The second-order valence-electron chi connectivity index (χ2n) is 2.93. The van der Waals surface area contributed by atoms with Crippen LogP contribution in [0.4, 0.5) is 0 Å². The molecule has 1 fully saturated rings. The molecule has 0 saturated heterocycles. The SMILES string of the molecule is ClC1(Cl)C[C@@H]1c1ccccc1. The van der Waals surface area contributed by atoms with Gasteiger partial charge in [0, 0.05) is 5.92 Å². The highest BCUT2D eigenvalue weighted by Crippen LogP contribution is 2.59. The van der Waals surface area contributed by atoms with Crippen molar-refractivity contribution in [3.05, 3.63) is 35.9 Å². The van der Waals surface area contributed by atoms with Gasteiger partial charge in [-0.1, -0.05) is 30.3 Å². The van der Waals surface area contributed by atoms with E-state index in [0.29, 0.717) is 5.92 Å². The minimum atomic E-state index is -0.485. The van der Waals surface area contributed by atoms with Crippen LogP contribution in [0.5, 0.6) is 0 Å². The Morgan fingerprint density at radius 1 is 1.18 bits per heavy atom. The number of alkyl halides is 2. The fourth-order valence-electron chi connectivity index (χ4n) is 1.26. The van der Waals surface area contributed by atoms with Gasteiger partial charge >= 0.3 is 0 Å². The second kappa shape index (κ2) is 2.40. The third kappa shape index (κ3) is 1.38. The number of hydrogen-bond donors (Lipinski definition) is 0. The van der Waals surface area contributed by atoms with Gasteiger partial charge in [0.1, 0.15) is 4.33 Å². The summed E-state index contributed by atoms with van der Waals surface area (Å²) in [6.07, 6.45) is 0.889. The Hall–Kier alpha value is -0.200. The molecule has 0 bridgehead atoms. The highest BCUT2D eigenvalue weighted by molar-refractivity contribution is 6.51. The van der Waals surface area contributed by atoms with Crippen LogP contribution in [0.3, 0.4) is 0 Å². The lowest BCUT2D eigenvalue weighted by Gasteiger charge is -1.98. The average Bonchev–Trinajstić information content (AvgIpc) is 2.62. The number of benzene rings is 1. The maximum Gasteiger partial charge on any atom is 0.125 e. The second-order valence-corrected chi connectivity index (χ2v) is 4.47. The molecule has 0 N–H and O–H groups in total. The first-order chi connectivity index (χ1) is 5.20. The maximum atomic E-state index is 5.91. The van der Waals surface area contributed by atoms with Crippen molar-refractivity contribution in [2.45, 2.75) is 16.7 Å². The van der Waals surface area contributed by atoms with E-state index >= 15 is 0 Å². The monoisotopic (exact) mass is 186 g/mol. The van der Waals surface area contributed by atoms with Crippen molar-refractivity contribution in [3.63, 3.8) is 0 Å². The summed E-state index contributed by atoms with van der Waals surface area (Å²) >= 11 is 11.8. The summed E-state index contributed by atoms with van der Waals surface area (Å²) in [5.41, 5.74) is 1.25. The Morgan fingerprint density at radius 2 is 1.73 bits per heavy atom. The van der Waals surface area contributed by atoms with Gasteiger partial charge in [-0.25, -0.2) is 0 Å². The van der Waals surface area contributed by atoms with Gasteiger partial charge in [0.15, 0.2) is 0 Å². The number of hydrogen-bond acceptors (Lipinski definition) is 0. The number of rotatable bonds is 1. The van der Waals surface area contributed by atoms with E-state index in [9.17, 15) is 0 Å². The van der Waals surface area contributed by atoms with Crippen LogP contribution >= 0.6 is 23.2 Å². The van der Waals surface area contributed by atoms with Crippen molar-refractivity contribution in [1.82, 2.24) is 0 Å². The van der Waals surface area contributed by atoms with Crippen molar-refractivity contribution >= 4 is 23.2 Å². The molecule has 1 aliphatic rings. The molecule has 0 aliphatic heterocycles. The molecule has 1 saturated carbocycles. The van der Waals surface area contributed by atoms with Crippen molar-refractivity contribution in [3.8, 4) is 0 Å². The molecule has 1 atom stereocenters. The zero-order valence-electron chi connectivity index (χ0n) is 5.93. The first kappa shape index (κ1) is 7.45. The van der Waals surface area contributed by atoms with Crippen LogP contribution in [-0.2, 0) is 0 Å². The predicted octanol–water partition coefficient (Wildman–Crippen LogP) is 3.35. The summed E-state index contributed by atoms with van der Waals surface area (Å²) in [5, 5.41) is 0. The lowest BCUT2D eigenvalue weighted by molar-refractivity contribution is 1.11. The number of halogens is 2. The molecule has 58 valence electrons. The summed E-state index contributed by atoms with van der Waals surface area (Å²) in [5.74, 6) is 0.354. The van der Waals surface area contributed by atoms with E-state index in [1.165, 1.54) is 5.56 Å². The van der Waals surface area contributed by atoms with Crippen LogP contribution in [0.15, 0.2) is 30.3 Å². The molecule has 0 heterocycles. The Kier molecular flexibility index (Phi) is 1.62. The first-order valence-corrected chi connectivity index (χ1v) is 4.38. The third-order valence-electron chi connectivity index (χ3n) is 2.03. The normalized spacial score (nSPS) is 26.5. The Bertz CT molecular complexity index is 254. The van der Waals surface area contributed by atoms with Crippen LogP contribution in [0.25, 0.3) is 0 Å². The molecular formula is C9H8Cl2. The lowest BCUT2D eigenvalue weighted by Crippen LogP contribution is -1.88. The molecule has 0 radical (unpaired) electrons. The van der Waals surface area contributed by atoms with Gasteiger partial charge in [0.25, 0.3) is 0 Å². The maximum absolute atomic E-state index is 5.91. The smallest absolute Gasteiger partial charge is 0.101 e. The van der Waals surface area contributed by atoms with E-state index in [1.807, 2.05) is 18.2 Å². The summed E-state index contributed by atoms with van der Waals surface area (Å²) in [6.45, 7) is 0. The Labute approximate surface area is 76.1 Å². The van der Waals surface area contributed by atoms with Crippen molar-refractivity contribution in [2.75, 3.05) is 0 Å². The summed E-state index contributed by atoms with van der Waals surface area (Å²) in [7, 11) is 0. The summed E-state index contributed by atoms with van der Waals surface area (Å²) in [6, 6.07) is 10.2. The van der Waals surface area contributed by atoms with E-state index in [2.05, 4.69) is 12.1 Å². The molecule has 0 unspecified atom stereocenters. The van der Waals surface area contributed by atoms with Gasteiger partial charge in [-0.3, -0.25) is 0 Å². The zero-order chi connectivity index (χ0) is 7.90. The molecule has 1 aromatic rings. The third-order valence-corrected chi connectivity index (χ3v) is 2.86. The van der Waals surface area contributed by atoms with E-state index in [4.69, 9.17) is 23.2 Å². The molecule has 2 heteroatoms. The van der Waals surface area contributed by atoms with Gasteiger partial charge in [-0.2, -0.15) is 0 Å². The summed E-state index contributed by atoms with van der Waals surface area (Å²) < 4.78 is -0.485. The van der Waals surface area contributed by atoms with Gasteiger partial charge in [-0.05, 0) is 12.0 Å². The van der Waals surface area contributed by atoms with Crippen LogP contribution in [-0.4, -0.2) is 4.33 Å². The quantitative estimate of drug-likeness (QED) is 0.591. The summed E-state index contributed by atoms with van der Waals surface area (Å²) in [4.78, 5) is 0. The molecule has 0 spiro atoms. The Balaban J connectivity index is 2.21. The molecule has 2 rings (SSSR count). The molecule has 0 amide bonds. The zero-order valence-corrected chi connectivity index (χ0v) is 7.44. The van der Waals surface area contributed by atoms with E-state index in [1.54, 1.807) is 0 Å². The van der Waals surface area contributed by atoms with Crippen LogP contribution in [0, 0.1) is 0 Å². The largest absolute Gasteiger partial charge is 0.125 e. The molecule has 1 aromatic carbocycles. The topological polar surface area (TPSA) is 0 Å². The standard InChI is InChI=1S/C9H8Cl2/c10-9(11)6-8(9)7-4-2-1-3-5-7/h1-5,8H,6H2/t8-/m1/s1. The van der Waals surface area contributed by atoms with Crippen LogP contribution in [0.2, 0.25) is 0 Å². The fraction of sp³-hybridized carbons (Fsp3) is 0.333. The molecule has 0 nitrogen and oxygen atoms in total. The molecule has 0 aromatic heterocycles. The molecule has 11 heavy (non-hydrogen) atoms. The van der Waals surface area contributed by atoms with E-state index in [-0.39, 0.29) is 0 Å². The highest BCUT2D eigenvalue weighted by Gasteiger charge is 2.52. The van der Waals surface area contributed by atoms with Crippen molar-refractivity contribution in [1.29, 1.82) is 0 Å². The van der Waals surface area contributed by atoms with Crippen molar-refractivity contribution < 1.29 is 0 Å². The van der Waals surface area contributed by atoms with Crippen LogP contribution in [0.1, 0.15) is 17.9 Å².